The van der Waals surface area contributed by atoms with Crippen molar-refractivity contribution in [2.24, 2.45) is 5.92 Å². The zero-order valence-electron chi connectivity index (χ0n) is 11.1. The molecule has 1 aromatic carbocycles. The van der Waals surface area contributed by atoms with E-state index in [9.17, 15) is 18.4 Å². The summed E-state index contributed by atoms with van der Waals surface area (Å²) in [6.45, 7) is 3.61. The smallest absolute Gasteiger partial charge is 0.320 e. The van der Waals surface area contributed by atoms with Gasteiger partial charge in [0.2, 0.25) is 0 Å². The Balaban J connectivity index is 2.96. The molecule has 108 valence electrons. The Labute approximate surface area is 115 Å². The van der Waals surface area contributed by atoms with Crippen LogP contribution in [0.2, 0.25) is 0 Å². The second kappa shape index (κ2) is 6.79. The summed E-state index contributed by atoms with van der Waals surface area (Å²) in [5.41, 5.74) is 0.201. The predicted molar refractivity (Wildman–Crippen MR) is 67.5 cm³/mol. The van der Waals surface area contributed by atoms with Crippen molar-refractivity contribution in [3.05, 3.63) is 42.0 Å². The highest BCUT2D eigenvalue weighted by Gasteiger charge is 2.30. The summed E-state index contributed by atoms with van der Waals surface area (Å²) in [6.07, 6.45) is -0.179. The Morgan fingerprint density at radius 2 is 1.75 bits per heavy atom. The minimum absolute atomic E-state index is 0.0317. The number of carbonyl (C=O) groups is 2. The van der Waals surface area contributed by atoms with Crippen molar-refractivity contribution < 1.29 is 27.8 Å². The molecule has 0 fully saturated rings. The van der Waals surface area contributed by atoms with E-state index in [0.29, 0.717) is 6.07 Å². The molecule has 0 radical (unpaired) electrons. The molecule has 0 saturated carbocycles. The molecule has 1 rings (SSSR count). The summed E-state index contributed by atoms with van der Waals surface area (Å²) >= 11 is 0. The van der Waals surface area contributed by atoms with E-state index in [2.05, 4.69) is 16.1 Å². The van der Waals surface area contributed by atoms with E-state index in [1.165, 1.54) is 6.07 Å². The lowest BCUT2D eigenvalue weighted by atomic mass is 9.95. The molecular formula is C14H14F2O4. The van der Waals surface area contributed by atoms with Gasteiger partial charge in [-0.15, -0.1) is 0 Å². The standard InChI is InChI=1S/C14H14F2O4/c1-8(10-5-4-9(15)7-12(10)16)6-11(13(17)19-2)14(18)20-3/h4-5,7,11H,1,6H2,2-3H3. The highest BCUT2D eigenvalue weighted by atomic mass is 19.1. The van der Waals surface area contributed by atoms with Gasteiger partial charge in [-0.1, -0.05) is 6.58 Å². The maximum atomic E-state index is 13.6. The molecule has 0 heterocycles. The maximum Gasteiger partial charge on any atom is 0.320 e. The lowest BCUT2D eigenvalue weighted by molar-refractivity contribution is -0.158. The number of ether oxygens (including phenoxy) is 2. The van der Waals surface area contributed by atoms with Crippen molar-refractivity contribution in [1.82, 2.24) is 0 Å². The van der Waals surface area contributed by atoms with Crippen molar-refractivity contribution >= 4 is 17.5 Å². The third kappa shape index (κ3) is 3.63. The first-order valence-electron chi connectivity index (χ1n) is 5.69. The van der Waals surface area contributed by atoms with Crippen LogP contribution in [0.25, 0.3) is 5.57 Å². The molecule has 0 aliphatic rings. The first-order valence-corrected chi connectivity index (χ1v) is 5.69. The summed E-state index contributed by atoms with van der Waals surface area (Å²) in [4.78, 5) is 23.0. The van der Waals surface area contributed by atoms with Gasteiger partial charge in [-0.05, 0) is 24.1 Å². The molecule has 0 saturated heterocycles. The molecule has 0 atom stereocenters. The van der Waals surface area contributed by atoms with Crippen LogP contribution in [0.5, 0.6) is 0 Å². The van der Waals surface area contributed by atoms with Crippen LogP contribution in [0.15, 0.2) is 24.8 Å². The molecule has 0 aliphatic heterocycles. The lowest BCUT2D eigenvalue weighted by Crippen LogP contribution is -2.26. The van der Waals surface area contributed by atoms with E-state index in [0.717, 1.165) is 20.3 Å². The molecule has 0 bridgehead atoms. The van der Waals surface area contributed by atoms with Gasteiger partial charge in [0.05, 0.1) is 14.2 Å². The SMILES string of the molecule is C=C(CC(C(=O)OC)C(=O)OC)c1ccc(F)cc1F. The van der Waals surface area contributed by atoms with E-state index in [1.807, 2.05) is 0 Å². The van der Waals surface area contributed by atoms with Gasteiger partial charge in [0, 0.05) is 11.6 Å². The van der Waals surface area contributed by atoms with E-state index in [4.69, 9.17) is 0 Å². The zero-order valence-corrected chi connectivity index (χ0v) is 11.1. The highest BCUT2D eigenvalue weighted by Crippen LogP contribution is 2.25. The molecule has 20 heavy (non-hydrogen) atoms. The number of halogens is 2. The Bertz CT molecular complexity index is 524. The number of hydrogen-bond acceptors (Lipinski definition) is 4. The Morgan fingerprint density at radius 3 is 2.20 bits per heavy atom. The van der Waals surface area contributed by atoms with Crippen LogP contribution in [0.3, 0.4) is 0 Å². The Morgan fingerprint density at radius 1 is 1.20 bits per heavy atom. The largest absolute Gasteiger partial charge is 0.468 e. The van der Waals surface area contributed by atoms with Gasteiger partial charge >= 0.3 is 11.9 Å². The summed E-state index contributed by atoms with van der Waals surface area (Å²) in [5, 5.41) is 0. The van der Waals surface area contributed by atoms with Crippen LogP contribution < -0.4 is 0 Å². The van der Waals surface area contributed by atoms with Gasteiger partial charge in [-0.3, -0.25) is 9.59 Å². The normalized spacial score (nSPS) is 10.2. The molecule has 6 heteroatoms. The molecular weight excluding hydrogens is 270 g/mol. The van der Waals surface area contributed by atoms with E-state index < -0.39 is 29.5 Å². The number of carbonyl (C=O) groups excluding carboxylic acids is 2. The lowest BCUT2D eigenvalue weighted by Gasteiger charge is -2.14. The van der Waals surface area contributed by atoms with Gasteiger partial charge in [0.15, 0.2) is 5.92 Å². The second-order valence-electron chi connectivity index (χ2n) is 4.03. The van der Waals surface area contributed by atoms with Crippen molar-refractivity contribution in [1.29, 1.82) is 0 Å². The summed E-state index contributed by atoms with van der Waals surface area (Å²) < 4.78 is 35.4. The maximum absolute atomic E-state index is 13.6. The molecule has 0 unspecified atom stereocenters. The molecule has 0 aromatic heterocycles. The molecule has 0 aliphatic carbocycles. The van der Waals surface area contributed by atoms with Crippen LogP contribution >= 0.6 is 0 Å². The van der Waals surface area contributed by atoms with Crippen molar-refractivity contribution in [2.45, 2.75) is 6.42 Å². The average Bonchev–Trinajstić information content (AvgIpc) is 2.42. The fourth-order valence-corrected chi connectivity index (χ4v) is 1.68. The third-order valence-electron chi connectivity index (χ3n) is 2.73. The molecule has 4 nitrogen and oxygen atoms in total. The fraction of sp³-hybridized carbons (Fsp3) is 0.286. The number of esters is 2. The van der Waals surface area contributed by atoms with Gasteiger partial charge in [-0.25, -0.2) is 8.78 Å². The van der Waals surface area contributed by atoms with Gasteiger partial charge < -0.3 is 9.47 Å². The monoisotopic (exact) mass is 284 g/mol. The number of hydrogen-bond donors (Lipinski definition) is 0. The molecule has 0 N–H and O–H groups in total. The van der Waals surface area contributed by atoms with Crippen LogP contribution in [-0.4, -0.2) is 26.2 Å². The number of methoxy groups -OCH3 is 2. The van der Waals surface area contributed by atoms with Gasteiger partial charge in [0.1, 0.15) is 11.6 Å². The third-order valence-corrected chi connectivity index (χ3v) is 2.73. The Kier molecular flexibility index (Phi) is 5.37. The van der Waals surface area contributed by atoms with Crippen molar-refractivity contribution in [2.75, 3.05) is 14.2 Å². The zero-order chi connectivity index (χ0) is 15.3. The topological polar surface area (TPSA) is 52.6 Å². The van der Waals surface area contributed by atoms with Crippen LogP contribution in [-0.2, 0) is 19.1 Å². The number of allylic oxidation sites excluding steroid dienone is 1. The minimum atomic E-state index is -1.23. The first kappa shape index (κ1) is 15.8. The van der Waals surface area contributed by atoms with E-state index in [-0.39, 0.29) is 17.6 Å². The van der Waals surface area contributed by atoms with Gasteiger partial charge in [-0.2, -0.15) is 0 Å². The summed E-state index contributed by atoms with van der Waals surface area (Å²) in [5.74, 6) is -4.39. The minimum Gasteiger partial charge on any atom is -0.468 e. The van der Waals surface area contributed by atoms with Crippen LogP contribution in [0.4, 0.5) is 8.78 Å². The van der Waals surface area contributed by atoms with Crippen LogP contribution in [0, 0.1) is 17.6 Å². The van der Waals surface area contributed by atoms with Crippen LogP contribution in [0.1, 0.15) is 12.0 Å². The second-order valence-corrected chi connectivity index (χ2v) is 4.03. The number of benzene rings is 1. The molecule has 0 amide bonds. The average molecular weight is 284 g/mol. The van der Waals surface area contributed by atoms with Crippen molar-refractivity contribution in [3.8, 4) is 0 Å². The van der Waals surface area contributed by atoms with Crippen molar-refractivity contribution in [3.63, 3.8) is 0 Å². The molecule has 0 spiro atoms. The summed E-state index contributed by atoms with van der Waals surface area (Å²) in [7, 11) is 2.25. The molecule has 1 aromatic rings. The van der Waals surface area contributed by atoms with E-state index in [1.54, 1.807) is 0 Å². The van der Waals surface area contributed by atoms with Gasteiger partial charge in [0.25, 0.3) is 0 Å². The Hall–Kier alpha value is -2.24. The first-order chi connectivity index (χ1) is 9.40. The van der Waals surface area contributed by atoms with E-state index >= 15 is 0 Å². The predicted octanol–water partition coefficient (Wildman–Crippen LogP) is 2.33. The quantitative estimate of drug-likeness (QED) is 0.615. The fourth-order valence-electron chi connectivity index (χ4n) is 1.68. The number of rotatable bonds is 5. The highest BCUT2D eigenvalue weighted by molar-refractivity contribution is 5.96. The summed E-state index contributed by atoms with van der Waals surface area (Å²) in [6, 6.07) is 2.96.